The SMILES string of the molecule is COc1ccc(S(=O)(=O)n2cc(OCCN(C)C)c3cc(Cl)cc(Br)c32)c(OC)c1. The van der Waals surface area contributed by atoms with Crippen LogP contribution in [0.25, 0.3) is 10.9 Å². The van der Waals surface area contributed by atoms with E-state index in [-0.39, 0.29) is 10.6 Å². The van der Waals surface area contributed by atoms with E-state index in [2.05, 4.69) is 15.9 Å². The number of halogens is 2. The molecule has 0 aliphatic carbocycles. The first-order valence-electron chi connectivity index (χ1n) is 8.94. The summed E-state index contributed by atoms with van der Waals surface area (Å²) < 4.78 is 45.3. The second kappa shape index (κ2) is 9.05. The Morgan fingerprint density at radius 1 is 1.10 bits per heavy atom. The molecule has 0 saturated carbocycles. The molecule has 0 saturated heterocycles. The van der Waals surface area contributed by atoms with Gasteiger partial charge in [0.15, 0.2) is 0 Å². The van der Waals surface area contributed by atoms with Crippen LogP contribution in [0.3, 0.4) is 0 Å². The molecular weight excluding hydrogens is 496 g/mol. The van der Waals surface area contributed by atoms with Gasteiger partial charge in [0, 0.05) is 27.5 Å². The molecule has 0 aliphatic heterocycles. The zero-order valence-electron chi connectivity index (χ0n) is 17.0. The number of benzene rings is 2. The minimum Gasteiger partial charge on any atom is -0.497 e. The molecule has 0 atom stereocenters. The lowest BCUT2D eigenvalue weighted by Crippen LogP contribution is -2.19. The molecule has 0 spiro atoms. The molecule has 162 valence electrons. The summed E-state index contributed by atoms with van der Waals surface area (Å²) in [6.45, 7) is 1.07. The standard InChI is InChI=1S/C20H22BrClN2O5S/c1-23(2)7-8-29-18-12-24(20-15(18)9-13(22)10-16(20)21)30(25,26)19-6-5-14(27-3)11-17(19)28-4/h5-6,9-12H,7-8H2,1-4H3. The minimum absolute atomic E-state index is 0.00407. The molecule has 0 bridgehead atoms. The van der Waals surface area contributed by atoms with E-state index in [1.165, 1.54) is 36.5 Å². The third kappa shape index (κ3) is 4.39. The van der Waals surface area contributed by atoms with Crippen LogP contribution in [0.2, 0.25) is 5.02 Å². The molecule has 3 rings (SSSR count). The number of methoxy groups -OCH3 is 2. The average molecular weight is 518 g/mol. The minimum atomic E-state index is -4.02. The number of ether oxygens (including phenoxy) is 3. The Hall–Kier alpha value is -1.94. The van der Waals surface area contributed by atoms with E-state index in [4.69, 9.17) is 25.8 Å². The van der Waals surface area contributed by atoms with Gasteiger partial charge >= 0.3 is 0 Å². The molecule has 0 unspecified atom stereocenters. The number of fused-ring (bicyclic) bond motifs is 1. The van der Waals surface area contributed by atoms with Crippen LogP contribution in [-0.2, 0) is 10.0 Å². The Morgan fingerprint density at radius 3 is 2.47 bits per heavy atom. The number of hydrogen-bond acceptors (Lipinski definition) is 6. The van der Waals surface area contributed by atoms with Crippen molar-refractivity contribution < 1.29 is 22.6 Å². The fourth-order valence-corrected chi connectivity index (χ4v) is 5.59. The van der Waals surface area contributed by atoms with Crippen molar-refractivity contribution in [1.29, 1.82) is 0 Å². The largest absolute Gasteiger partial charge is 0.497 e. The Kier molecular flexibility index (Phi) is 6.86. The molecule has 0 radical (unpaired) electrons. The zero-order chi connectivity index (χ0) is 22.1. The maximum atomic E-state index is 13.6. The van der Waals surface area contributed by atoms with Crippen LogP contribution in [0.1, 0.15) is 0 Å². The van der Waals surface area contributed by atoms with Gasteiger partial charge < -0.3 is 19.1 Å². The van der Waals surface area contributed by atoms with E-state index < -0.39 is 10.0 Å². The molecule has 2 aromatic carbocycles. The molecule has 1 aromatic heterocycles. The molecular formula is C20H22BrClN2O5S. The highest BCUT2D eigenvalue weighted by Gasteiger charge is 2.27. The zero-order valence-corrected chi connectivity index (χ0v) is 20.1. The lowest BCUT2D eigenvalue weighted by molar-refractivity contribution is 0.263. The van der Waals surface area contributed by atoms with Gasteiger partial charge in [0.2, 0.25) is 0 Å². The monoisotopic (exact) mass is 516 g/mol. The van der Waals surface area contributed by atoms with Crippen LogP contribution in [0.15, 0.2) is 45.9 Å². The van der Waals surface area contributed by atoms with E-state index in [0.29, 0.717) is 45.0 Å². The van der Waals surface area contributed by atoms with Crippen LogP contribution in [0.5, 0.6) is 17.2 Å². The van der Waals surface area contributed by atoms with Crippen molar-refractivity contribution in [3.8, 4) is 17.2 Å². The number of rotatable bonds is 8. The molecule has 1 heterocycles. The van der Waals surface area contributed by atoms with Gasteiger partial charge in [-0.3, -0.25) is 0 Å². The summed E-state index contributed by atoms with van der Waals surface area (Å²) in [5.41, 5.74) is 0.428. The van der Waals surface area contributed by atoms with Gasteiger partial charge in [-0.2, -0.15) is 0 Å². The predicted molar refractivity (Wildman–Crippen MR) is 121 cm³/mol. The third-order valence-electron chi connectivity index (χ3n) is 4.45. The summed E-state index contributed by atoms with van der Waals surface area (Å²) in [7, 11) is 2.76. The number of likely N-dealkylation sites (N-methyl/N-ethyl adjacent to an activating group) is 1. The highest BCUT2D eigenvalue weighted by molar-refractivity contribution is 9.10. The first-order chi connectivity index (χ1) is 14.2. The van der Waals surface area contributed by atoms with E-state index in [0.717, 1.165) is 0 Å². The van der Waals surface area contributed by atoms with Gasteiger partial charge in [-0.05, 0) is 54.3 Å². The second-order valence-electron chi connectivity index (χ2n) is 6.75. The fraction of sp³-hybridized carbons (Fsp3) is 0.300. The van der Waals surface area contributed by atoms with Crippen molar-refractivity contribution in [2.45, 2.75) is 4.90 Å². The number of aromatic nitrogens is 1. The topological polar surface area (TPSA) is 70.0 Å². The number of hydrogen-bond donors (Lipinski definition) is 0. The van der Waals surface area contributed by atoms with Gasteiger partial charge in [-0.25, -0.2) is 12.4 Å². The summed E-state index contributed by atoms with van der Waals surface area (Å²) in [4.78, 5) is 1.98. The predicted octanol–water partition coefficient (Wildman–Crippen LogP) is 4.25. The molecule has 30 heavy (non-hydrogen) atoms. The molecule has 10 heteroatoms. The van der Waals surface area contributed by atoms with Gasteiger partial charge in [0.25, 0.3) is 10.0 Å². The lowest BCUT2D eigenvalue weighted by atomic mass is 10.2. The molecule has 0 aliphatic rings. The van der Waals surface area contributed by atoms with Crippen LogP contribution < -0.4 is 14.2 Å². The summed E-state index contributed by atoms with van der Waals surface area (Å²) in [6, 6.07) is 7.88. The highest BCUT2D eigenvalue weighted by atomic mass is 79.9. The van der Waals surface area contributed by atoms with E-state index in [1.807, 2.05) is 19.0 Å². The third-order valence-corrected chi connectivity index (χ3v) is 6.97. The van der Waals surface area contributed by atoms with Crippen molar-refractivity contribution in [3.05, 3.63) is 46.0 Å². The molecule has 0 fully saturated rings. The second-order valence-corrected chi connectivity index (χ2v) is 9.82. The van der Waals surface area contributed by atoms with Crippen molar-refractivity contribution in [2.75, 3.05) is 41.5 Å². The van der Waals surface area contributed by atoms with E-state index in [1.54, 1.807) is 18.2 Å². The Bertz CT molecular complexity index is 1180. The van der Waals surface area contributed by atoms with E-state index >= 15 is 0 Å². The van der Waals surface area contributed by atoms with Crippen LogP contribution >= 0.6 is 27.5 Å². The summed E-state index contributed by atoms with van der Waals surface area (Å²) in [5, 5.41) is 1.05. The van der Waals surface area contributed by atoms with Crippen LogP contribution in [-0.4, -0.2) is 58.8 Å². The van der Waals surface area contributed by atoms with Crippen molar-refractivity contribution in [3.63, 3.8) is 0 Å². The van der Waals surface area contributed by atoms with Crippen LogP contribution in [0, 0.1) is 0 Å². The van der Waals surface area contributed by atoms with Gasteiger partial charge in [-0.1, -0.05) is 11.6 Å². The Balaban J connectivity index is 2.20. The molecule has 0 amide bonds. The maximum Gasteiger partial charge on any atom is 0.272 e. The molecule has 0 N–H and O–H groups in total. The maximum absolute atomic E-state index is 13.6. The van der Waals surface area contributed by atoms with Gasteiger partial charge in [0.05, 0.1) is 25.9 Å². The summed E-state index contributed by atoms with van der Waals surface area (Å²) in [6.07, 6.45) is 1.46. The van der Waals surface area contributed by atoms with Gasteiger partial charge in [0.1, 0.15) is 28.8 Å². The van der Waals surface area contributed by atoms with Crippen molar-refractivity contribution in [2.24, 2.45) is 0 Å². The Labute approximate surface area is 189 Å². The first-order valence-corrected chi connectivity index (χ1v) is 11.6. The molecule has 7 nitrogen and oxygen atoms in total. The average Bonchev–Trinajstić information content (AvgIpc) is 3.06. The summed E-state index contributed by atoms with van der Waals surface area (Å²) >= 11 is 9.66. The Morgan fingerprint density at radius 2 is 1.83 bits per heavy atom. The van der Waals surface area contributed by atoms with Gasteiger partial charge in [-0.15, -0.1) is 0 Å². The first kappa shape index (κ1) is 22.7. The quantitative estimate of drug-likeness (QED) is 0.445. The smallest absolute Gasteiger partial charge is 0.272 e. The van der Waals surface area contributed by atoms with Crippen LogP contribution in [0.4, 0.5) is 0 Å². The fourth-order valence-electron chi connectivity index (χ4n) is 2.96. The summed E-state index contributed by atoms with van der Waals surface area (Å²) in [5.74, 6) is 1.09. The van der Waals surface area contributed by atoms with E-state index in [9.17, 15) is 8.42 Å². The van der Waals surface area contributed by atoms with Crippen molar-refractivity contribution in [1.82, 2.24) is 8.87 Å². The molecule has 3 aromatic rings. The highest BCUT2D eigenvalue weighted by Crippen LogP contribution is 2.39. The number of nitrogens with zero attached hydrogens (tertiary/aromatic N) is 2. The van der Waals surface area contributed by atoms with Crippen molar-refractivity contribution >= 4 is 48.5 Å². The lowest BCUT2D eigenvalue weighted by Gasteiger charge is -2.13. The normalized spacial score (nSPS) is 11.8.